The summed E-state index contributed by atoms with van der Waals surface area (Å²) in [4.78, 5) is 0. The van der Waals surface area contributed by atoms with Crippen LogP contribution >= 0.6 is 0 Å². The molecule has 0 fully saturated rings. The summed E-state index contributed by atoms with van der Waals surface area (Å²) in [6.07, 6.45) is 1.15. The van der Waals surface area contributed by atoms with Gasteiger partial charge in [-0.05, 0) is 63.6 Å². The summed E-state index contributed by atoms with van der Waals surface area (Å²) >= 11 is 0. The minimum absolute atomic E-state index is 0.219. The molecule has 3 aromatic rings. The SMILES string of the molecule is CCC(C)(C)c1cccc2cc3c(C)cccc3cc12. The zero-order chi connectivity index (χ0) is 14.3. The van der Waals surface area contributed by atoms with Crippen molar-refractivity contribution in [2.24, 2.45) is 0 Å². The van der Waals surface area contributed by atoms with Crippen LogP contribution in [0.1, 0.15) is 38.3 Å². The van der Waals surface area contributed by atoms with Crippen LogP contribution in [0.15, 0.2) is 48.5 Å². The molecule has 0 unspecified atom stereocenters. The molecule has 0 radical (unpaired) electrons. The second kappa shape index (κ2) is 4.63. The van der Waals surface area contributed by atoms with Gasteiger partial charge in [0.15, 0.2) is 0 Å². The standard InChI is InChI=1S/C20H22/c1-5-20(3,4)19-11-7-10-16-12-17-14(2)8-6-9-15(17)13-18(16)19/h6-13H,5H2,1-4H3. The summed E-state index contributed by atoms with van der Waals surface area (Å²) < 4.78 is 0. The lowest BCUT2D eigenvalue weighted by Crippen LogP contribution is -2.15. The van der Waals surface area contributed by atoms with Crippen LogP contribution in [0.25, 0.3) is 21.5 Å². The lowest BCUT2D eigenvalue weighted by atomic mass is 9.79. The van der Waals surface area contributed by atoms with Crippen molar-refractivity contribution in [2.75, 3.05) is 0 Å². The van der Waals surface area contributed by atoms with Crippen LogP contribution in [0.5, 0.6) is 0 Å². The van der Waals surface area contributed by atoms with E-state index in [0.717, 1.165) is 6.42 Å². The second-order valence-corrected chi connectivity index (χ2v) is 6.41. The maximum Gasteiger partial charge on any atom is -0.0100 e. The molecule has 0 aromatic heterocycles. The second-order valence-electron chi connectivity index (χ2n) is 6.41. The number of fused-ring (bicyclic) bond motifs is 2. The lowest BCUT2D eigenvalue weighted by Gasteiger charge is -2.25. The van der Waals surface area contributed by atoms with E-state index in [1.165, 1.54) is 32.7 Å². The van der Waals surface area contributed by atoms with E-state index in [-0.39, 0.29) is 5.41 Å². The molecule has 0 aliphatic heterocycles. The van der Waals surface area contributed by atoms with Gasteiger partial charge in [0.25, 0.3) is 0 Å². The average Bonchev–Trinajstić information content (AvgIpc) is 2.45. The van der Waals surface area contributed by atoms with Gasteiger partial charge in [-0.3, -0.25) is 0 Å². The third kappa shape index (κ3) is 2.00. The van der Waals surface area contributed by atoms with Crippen LogP contribution in [-0.2, 0) is 5.41 Å². The highest BCUT2D eigenvalue weighted by atomic mass is 14.2. The van der Waals surface area contributed by atoms with E-state index in [1.807, 2.05) is 0 Å². The first kappa shape index (κ1) is 13.2. The van der Waals surface area contributed by atoms with E-state index in [9.17, 15) is 0 Å². The van der Waals surface area contributed by atoms with Crippen LogP contribution in [0.2, 0.25) is 0 Å². The van der Waals surface area contributed by atoms with Crippen molar-refractivity contribution in [3.8, 4) is 0 Å². The van der Waals surface area contributed by atoms with E-state index >= 15 is 0 Å². The Labute approximate surface area is 121 Å². The van der Waals surface area contributed by atoms with Crippen molar-refractivity contribution in [1.82, 2.24) is 0 Å². The van der Waals surface area contributed by atoms with E-state index < -0.39 is 0 Å². The molecule has 20 heavy (non-hydrogen) atoms. The normalized spacial score (nSPS) is 12.2. The molecule has 0 aliphatic rings. The molecule has 3 aromatic carbocycles. The predicted octanol–water partition coefficient (Wildman–Crippen LogP) is 5.99. The summed E-state index contributed by atoms with van der Waals surface area (Å²) in [5, 5.41) is 5.46. The van der Waals surface area contributed by atoms with Gasteiger partial charge < -0.3 is 0 Å². The topological polar surface area (TPSA) is 0 Å². The van der Waals surface area contributed by atoms with Crippen molar-refractivity contribution >= 4 is 21.5 Å². The van der Waals surface area contributed by atoms with Crippen LogP contribution < -0.4 is 0 Å². The summed E-state index contributed by atoms with van der Waals surface area (Å²) in [5.74, 6) is 0. The molecule has 0 atom stereocenters. The molecule has 102 valence electrons. The Kier molecular flexibility index (Phi) is 3.05. The number of hydrogen-bond acceptors (Lipinski definition) is 0. The number of hydrogen-bond donors (Lipinski definition) is 0. The minimum Gasteiger partial charge on any atom is -0.0646 e. The van der Waals surface area contributed by atoms with Gasteiger partial charge >= 0.3 is 0 Å². The fraction of sp³-hybridized carbons (Fsp3) is 0.300. The first-order valence-corrected chi connectivity index (χ1v) is 7.45. The average molecular weight is 262 g/mol. The molecule has 0 saturated carbocycles. The summed E-state index contributed by atoms with van der Waals surface area (Å²) in [6, 6.07) is 18.0. The molecule has 0 bridgehead atoms. The van der Waals surface area contributed by atoms with Crippen molar-refractivity contribution in [1.29, 1.82) is 0 Å². The van der Waals surface area contributed by atoms with Gasteiger partial charge in [0, 0.05) is 0 Å². The van der Waals surface area contributed by atoms with Gasteiger partial charge in [0.1, 0.15) is 0 Å². The summed E-state index contributed by atoms with van der Waals surface area (Å²) in [6.45, 7) is 9.13. The van der Waals surface area contributed by atoms with Crippen LogP contribution in [-0.4, -0.2) is 0 Å². The van der Waals surface area contributed by atoms with E-state index in [2.05, 4.69) is 76.2 Å². The Hall–Kier alpha value is -1.82. The molecule has 0 heterocycles. The highest BCUT2D eigenvalue weighted by Gasteiger charge is 2.20. The van der Waals surface area contributed by atoms with Crippen LogP contribution in [0, 0.1) is 6.92 Å². The number of aryl methyl sites for hydroxylation is 1. The van der Waals surface area contributed by atoms with Gasteiger partial charge in [0.2, 0.25) is 0 Å². The fourth-order valence-electron chi connectivity index (χ4n) is 2.99. The molecule has 0 spiro atoms. The van der Waals surface area contributed by atoms with Crippen molar-refractivity contribution in [3.63, 3.8) is 0 Å². The molecule has 0 amide bonds. The zero-order valence-corrected chi connectivity index (χ0v) is 12.8. The maximum absolute atomic E-state index is 2.37. The quantitative estimate of drug-likeness (QED) is 0.498. The van der Waals surface area contributed by atoms with E-state index in [1.54, 1.807) is 0 Å². The molecule has 0 N–H and O–H groups in total. The van der Waals surface area contributed by atoms with Gasteiger partial charge in [-0.1, -0.05) is 57.2 Å². The molecule has 0 aliphatic carbocycles. The van der Waals surface area contributed by atoms with Gasteiger partial charge in [0.05, 0.1) is 0 Å². The van der Waals surface area contributed by atoms with Gasteiger partial charge in [-0.2, -0.15) is 0 Å². The Bertz CT molecular complexity index is 778. The molecule has 0 saturated heterocycles. The zero-order valence-electron chi connectivity index (χ0n) is 12.8. The van der Waals surface area contributed by atoms with E-state index in [4.69, 9.17) is 0 Å². The third-order valence-electron chi connectivity index (χ3n) is 4.71. The minimum atomic E-state index is 0.219. The monoisotopic (exact) mass is 262 g/mol. The maximum atomic E-state index is 2.37. The first-order valence-electron chi connectivity index (χ1n) is 7.45. The molecular formula is C20H22. The Balaban J connectivity index is 2.41. The number of benzene rings is 3. The van der Waals surface area contributed by atoms with Crippen molar-refractivity contribution < 1.29 is 0 Å². The smallest absolute Gasteiger partial charge is 0.0100 e. The Morgan fingerprint density at radius 2 is 1.45 bits per heavy atom. The van der Waals surface area contributed by atoms with Crippen LogP contribution in [0.3, 0.4) is 0 Å². The van der Waals surface area contributed by atoms with Crippen molar-refractivity contribution in [3.05, 3.63) is 59.7 Å². The molecule has 0 heteroatoms. The summed E-state index contributed by atoms with van der Waals surface area (Å²) in [7, 11) is 0. The van der Waals surface area contributed by atoms with Crippen molar-refractivity contribution in [2.45, 2.75) is 39.5 Å². The third-order valence-corrected chi connectivity index (χ3v) is 4.71. The highest BCUT2D eigenvalue weighted by molar-refractivity contribution is 6.01. The van der Waals surface area contributed by atoms with Crippen LogP contribution in [0.4, 0.5) is 0 Å². The van der Waals surface area contributed by atoms with E-state index in [0.29, 0.717) is 0 Å². The van der Waals surface area contributed by atoms with Gasteiger partial charge in [-0.15, -0.1) is 0 Å². The Morgan fingerprint density at radius 1 is 0.850 bits per heavy atom. The lowest BCUT2D eigenvalue weighted by molar-refractivity contribution is 0.511. The highest BCUT2D eigenvalue weighted by Crippen LogP contribution is 2.35. The Morgan fingerprint density at radius 3 is 2.15 bits per heavy atom. The fourth-order valence-corrected chi connectivity index (χ4v) is 2.99. The largest absolute Gasteiger partial charge is 0.0646 e. The predicted molar refractivity (Wildman–Crippen MR) is 89.5 cm³/mol. The molecular weight excluding hydrogens is 240 g/mol. The number of rotatable bonds is 2. The van der Waals surface area contributed by atoms with Gasteiger partial charge in [-0.25, -0.2) is 0 Å². The molecule has 0 nitrogen and oxygen atoms in total. The first-order chi connectivity index (χ1) is 9.53. The summed E-state index contributed by atoms with van der Waals surface area (Å²) in [5.41, 5.74) is 3.03. The molecule has 3 rings (SSSR count).